The fraction of sp³-hybridized carbons (Fsp3) is 0.316. The topological polar surface area (TPSA) is 92.7 Å². The van der Waals surface area contributed by atoms with Gasteiger partial charge in [-0.2, -0.15) is 0 Å². The first-order valence-corrected chi connectivity index (χ1v) is 10.1. The lowest BCUT2D eigenvalue weighted by molar-refractivity contribution is -0.139. The molecule has 2 aromatic rings. The number of carboxylic acids is 1. The minimum absolute atomic E-state index is 0.0125. The van der Waals surface area contributed by atoms with Crippen molar-refractivity contribution in [2.75, 3.05) is 13.2 Å². The van der Waals surface area contributed by atoms with Crippen molar-refractivity contribution in [2.24, 2.45) is 0 Å². The SMILES string of the molecule is O=C(O)COc1cccc2c1CCCC2CNS(=O)(=O)c1ccc(F)cc1. The van der Waals surface area contributed by atoms with Gasteiger partial charge in [0.15, 0.2) is 6.61 Å². The van der Waals surface area contributed by atoms with Crippen LogP contribution in [-0.4, -0.2) is 32.6 Å². The fourth-order valence-electron chi connectivity index (χ4n) is 3.31. The average Bonchev–Trinajstić information content (AvgIpc) is 2.65. The van der Waals surface area contributed by atoms with Gasteiger partial charge < -0.3 is 9.84 Å². The molecule has 1 unspecified atom stereocenters. The number of carboxylic acid groups (broad SMARTS) is 1. The highest BCUT2D eigenvalue weighted by molar-refractivity contribution is 7.89. The van der Waals surface area contributed by atoms with E-state index in [0.29, 0.717) is 5.75 Å². The molecular formula is C19H20FNO5S. The fourth-order valence-corrected chi connectivity index (χ4v) is 4.39. The molecule has 27 heavy (non-hydrogen) atoms. The van der Waals surface area contributed by atoms with Crippen LogP contribution in [0.1, 0.15) is 29.9 Å². The standard InChI is InChI=1S/C19H20FNO5S/c20-14-7-9-15(10-8-14)27(24,25)21-11-13-3-1-5-17-16(13)4-2-6-18(17)26-12-19(22)23/h2,4,6-10,13,21H,1,3,5,11-12H2,(H,22,23). The predicted octanol–water partition coefficient (Wildman–Crippen LogP) is 2.69. The second kappa shape index (κ2) is 8.06. The minimum atomic E-state index is -3.74. The molecule has 144 valence electrons. The Hall–Kier alpha value is -2.45. The summed E-state index contributed by atoms with van der Waals surface area (Å²) in [6.45, 7) is -0.215. The summed E-state index contributed by atoms with van der Waals surface area (Å²) in [5, 5.41) is 8.80. The maximum Gasteiger partial charge on any atom is 0.341 e. The molecule has 6 nitrogen and oxygen atoms in total. The zero-order valence-electron chi connectivity index (χ0n) is 14.5. The highest BCUT2D eigenvalue weighted by Gasteiger charge is 2.25. The van der Waals surface area contributed by atoms with Crippen molar-refractivity contribution >= 4 is 16.0 Å². The Balaban J connectivity index is 1.75. The highest BCUT2D eigenvalue weighted by Crippen LogP contribution is 2.36. The number of aliphatic carboxylic acids is 1. The van der Waals surface area contributed by atoms with Crippen LogP contribution in [0.25, 0.3) is 0 Å². The molecule has 0 amide bonds. The first kappa shape index (κ1) is 19.3. The summed E-state index contributed by atoms with van der Waals surface area (Å²) in [5.41, 5.74) is 1.89. The molecule has 2 aromatic carbocycles. The number of hydrogen-bond donors (Lipinski definition) is 2. The summed E-state index contributed by atoms with van der Waals surface area (Å²) in [7, 11) is -3.74. The van der Waals surface area contributed by atoms with Crippen molar-refractivity contribution in [3.05, 3.63) is 59.4 Å². The second-order valence-electron chi connectivity index (χ2n) is 6.40. The molecular weight excluding hydrogens is 373 g/mol. The number of hydrogen-bond acceptors (Lipinski definition) is 4. The van der Waals surface area contributed by atoms with Gasteiger partial charge in [0.25, 0.3) is 0 Å². The average molecular weight is 393 g/mol. The first-order valence-electron chi connectivity index (χ1n) is 8.58. The van der Waals surface area contributed by atoms with E-state index in [4.69, 9.17) is 9.84 Å². The van der Waals surface area contributed by atoms with Gasteiger partial charge in [-0.05, 0) is 66.6 Å². The van der Waals surface area contributed by atoms with Crippen LogP contribution >= 0.6 is 0 Å². The number of rotatable bonds is 7. The highest BCUT2D eigenvalue weighted by atomic mass is 32.2. The molecule has 0 radical (unpaired) electrons. The molecule has 0 aliphatic heterocycles. The van der Waals surface area contributed by atoms with E-state index in [2.05, 4.69) is 4.72 Å². The second-order valence-corrected chi connectivity index (χ2v) is 8.17. The van der Waals surface area contributed by atoms with Crippen molar-refractivity contribution in [3.8, 4) is 5.75 Å². The van der Waals surface area contributed by atoms with E-state index in [1.165, 1.54) is 12.1 Å². The van der Waals surface area contributed by atoms with Gasteiger partial charge in [0.05, 0.1) is 4.90 Å². The molecule has 0 fully saturated rings. The predicted molar refractivity (Wildman–Crippen MR) is 96.8 cm³/mol. The van der Waals surface area contributed by atoms with E-state index in [-0.39, 0.29) is 17.4 Å². The Labute approximate surface area is 157 Å². The van der Waals surface area contributed by atoms with Crippen LogP contribution in [0.5, 0.6) is 5.75 Å². The van der Waals surface area contributed by atoms with Crippen molar-refractivity contribution in [1.82, 2.24) is 4.72 Å². The van der Waals surface area contributed by atoms with E-state index < -0.39 is 28.4 Å². The molecule has 0 saturated carbocycles. The van der Waals surface area contributed by atoms with Crippen LogP contribution in [0, 0.1) is 5.82 Å². The largest absolute Gasteiger partial charge is 0.482 e. The van der Waals surface area contributed by atoms with Gasteiger partial charge in [0.2, 0.25) is 10.0 Å². The lowest BCUT2D eigenvalue weighted by Crippen LogP contribution is -2.30. The summed E-state index contributed by atoms with van der Waals surface area (Å²) >= 11 is 0. The summed E-state index contributed by atoms with van der Waals surface area (Å²) in [4.78, 5) is 10.8. The van der Waals surface area contributed by atoms with E-state index in [1.54, 1.807) is 12.1 Å². The lowest BCUT2D eigenvalue weighted by atomic mass is 9.82. The maximum atomic E-state index is 13.0. The third-order valence-corrected chi connectivity index (χ3v) is 6.02. The normalized spacial score (nSPS) is 16.6. The number of sulfonamides is 1. The number of carbonyl (C=O) groups is 1. The smallest absolute Gasteiger partial charge is 0.341 e. The number of fused-ring (bicyclic) bond motifs is 1. The van der Waals surface area contributed by atoms with Crippen LogP contribution in [0.3, 0.4) is 0 Å². The molecule has 0 bridgehead atoms. The van der Waals surface area contributed by atoms with Gasteiger partial charge in [0, 0.05) is 6.54 Å². The van der Waals surface area contributed by atoms with Crippen LogP contribution in [0.2, 0.25) is 0 Å². The third kappa shape index (κ3) is 4.64. The van der Waals surface area contributed by atoms with Crippen molar-refractivity contribution in [2.45, 2.75) is 30.1 Å². The van der Waals surface area contributed by atoms with Gasteiger partial charge in [-0.15, -0.1) is 0 Å². The quantitative estimate of drug-likeness (QED) is 0.755. The molecule has 0 heterocycles. The van der Waals surface area contributed by atoms with Crippen molar-refractivity contribution < 1.29 is 27.4 Å². The molecule has 3 rings (SSSR count). The van der Waals surface area contributed by atoms with E-state index >= 15 is 0 Å². The van der Waals surface area contributed by atoms with Crippen LogP contribution < -0.4 is 9.46 Å². The molecule has 0 spiro atoms. The van der Waals surface area contributed by atoms with Gasteiger partial charge >= 0.3 is 5.97 Å². The number of halogens is 1. The zero-order chi connectivity index (χ0) is 19.4. The van der Waals surface area contributed by atoms with Crippen molar-refractivity contribution in [1.29, 1.82) is 0 Å². The van der Waals surface area contributed by atoms with E-state index in [9.17, 15) is 17.6 Å². The van der Waals surface area contributed by atoms with Gasteiger partial charge in [-0.1, -0.05) is 12.1 Å². The summed E-state index contributed by atoms with van der Waals surface area (Å²) in [5.74, 6) is -1.06. The maximum absolute atomic E-state index is 13.0. The molecule has 1 aliphatic rings. The molecule has 1 atom stereocenters. The molecule has 0 saturated heterocycles. The summed E-state index contributed by atoms with van der Waals surface area (Å²) < 4.78 is 45.8. The molecule has 1 aliphatic carbocycles. The molecule has 0 aromatic heterocycles. The zero-order valence-corrected chi connectivity index (χ0v) is 15.3. The Morgan fingerprint density at radius 1 is 1.22 bits per heavy atom. The monoisotopic (exact) mass is 393 g/mol. The van der Waals surface area contributed by atoms with Crippen molar-refractivity contribution in [3.63, 3.8) is 0 Å². The van der Waals surface area contributed by atoms with Crippen LogP contribution in [0.15, 0.2) is 47.4 Å². The van der Waals surface area contributed by atoms with E-state index in [1.807, 2.05) is 6.07 Å². The van der Waals surface area contributed by atoms with Crippen LogP contribution in [-0.2, 0) is 21.2 Å². The Bertz CT molecular complexity index is 928. The number of ether oxygens (including phenoxy) is 1. The minimum Gasteiger partial charge on any atom is -0.482 e. The Morgan fingerprint density at radius 3 is 2.67 bits per heavy atom. The summed E-state index contributed by atoms with van der Waals surface area (Å²) in [6, 6.07) is 10.1. The third-order valence-electron chi connectivity index (χ3n) is 4.58. The molecule has 8 heteroatoms. The van der Waals surface area contributed by atoms with Gasteiger partial charge in [-0.25, -0.2) is 22.3 Å². The Morgan fingerprint density at radius 2 is 1.96 bits per heavy atom. The number of benzene rings is 2. The first-order chi connectivity index (χ1) is 12.9. The van der Waals surface area contributed by atoms with E-state index in [0.717, 1.165) is 42.5 Å². The summed E-state index contributed by atoms with van der Waals surface area (Å²) in [6.07, 6.45) is 2.41. The number of nitrogens with one attached hydrogen (secondary N) is 1. The lowest BCUT2D eigenvalue weighted by Gasteiger charge is -2.27. The van der Waals surface area contributed by atoms with Crippen LogP contribution in [0.4, 0.5) is 4.39 Å². The van der Waals surface area contributed by atoms with Gasteiger partial charge in [0.1, 0.15) is 11.6 Å². The molecule has 2 N–H and O–H groups in total. The van der Waals surface area contributed by atoms with Gasteiger partial charge in [-0.3, -0.25) is 0 Å². The Kier molecular flexibility index (Phi) is 5.76.